The van der Waals surface area contributed by atoms with E-state index in [0.717, 1.165) is 18.2 Å². The molecule has 0 saturated carbocycles. The molecule has 0 unspecified atom stereocenters. The molecule has 0 saturated heterocycles. The zero-order valence-electron chi connectivity index (χ0n) is 9.72. The predicted octanol–water partition coefficient (Wildman–Crippen LogP) is 4.23. The van der Waals surface area contributed by atoms with Gasteiger partial charge in [-0.3, -0.25) is 0 Å². The Bertz CT molecular complexity index is 429. The van der Waals surface area contributed by atoms with E-state index < -0.39 is 29.2 Å². The highest BCUT2D eigenvalue weighted by Gasteiger charge is 2.35. The van der Waals surface area contributed by atoms with Crippen molar-refractivity contribution in [2.24, 2.45) is 5.73 Å². The molecule has 0 fully saturated rings. The largest absolute Gasteiger partial charge is 0.416 e. The van der Waals surface area contributed by atoms with Crippen LogP contribution in [0, 0.1) is 5.82 Å². The van der Waals surface area contributed by atoms with Crippen LogP contribution < -0.4 is 5.73 Å². The number of alkyl halides is 3. The number of rotatable bonds is 3. The minimum Gasteiger partial charge on any atom is -0.324 e. The second kappa shape index (κ2) is 6.20. The topological polar surface area (TPSA) is 26.0 Å². The van der Waals surface area contributed by atoms with Crippen LogP contribution in [-0.2, 0) is 6.18 Å². The zero-order chi connectivity index (χ0) is 13.2. The van der Waals surface area contributed by atoms with Gasteiger partial charge < -0.3 is 5.73 Å². The van der Waals surface area contributed by atoms with Gasteiger partial charge in [0.2, 0.25) is 0 Å². The molecule has 0 aliphatic carbocycles. The molecule has 2 N–H and O–H groups in total. The van der Waals surface area contributed by atoms with Crippen LogP contribution in [0.2, 0.25) is 0 Å². The summed E-state index contributed by atoms with van der Waals surface area (Å²) in [5.41, 5.74) is 4.68. The van der Waals surface area contributed by atoms with E-state index in [4.69, 9.17) is 5.73 Å². The van der Waals surface area contributed by atoms with E-state index in [1.807, 2.05) is 0 Å². The van der Waals surface area contributed by atoms with E-state index in [1.54, 1.807) is 6.92 Å². The first kappa shape index (κ1) is 16.9. The summed E-state index contributed by atoms with van der Waals surface area (Å²) >= 11 is 0. The van der Waals surface area contributed by atoms with Crippen LogP contribution in [0.15, 0.2) is 30.4 Å². The zero-order valence-corrected chi connectivity index (χ0v) is 10.5. The van der Waals surface area contributed by atoms with E-state index in [9.17, 15) is 17.6 Å². The van der Waals surface area contributed by atoms with Crippen LogP contribution in [0.5, 0.6) is 0 Å². The molecule has 1 aromatic rings. The second-order valence-corrected chi connectivity index (χ2v) is 3.97. The smallest absolute Gasteiger partial charge is 0.324 e. The maximum atomic E-state index is 13.5. The number of hydrogen-bond acceptors (Lipinski definition) is 1. The molecule has 18 heavy (non-hydrogen) atoms. The van der Waals surface area contributed by atoms with Crippen molar-refractivity contribution in [3.8, 4) is 0 Å². The summed E-state index contributed by atoms with van der Waals surface area (Å²) in [6, 6.07) is 1.79. The van der Waals surface area contributed by atoms with E-state index >= 15 is 0 Å². The van der Waals surface area contributed by atoms with Gasteiger partial charge in [0.15, 0.2) is 0 Å². The molecular weight excluding hydrogens is 270 g/mol. The van der Waals surface area contributed by atoms with Crippen LogP contribution in [0.4, 0.5) is 17.6 Å². The summed E-state index contributed by atoms with van der Waals surface area (Å²) < 4.78 is 51.5. The van der Waals surface area contributed by atoms with Crippen LogP contribution in [-0.4, -0.2) is 0 Å². The Hall–Kier alpha value is -1.07. The Morgan fingerprint density at radius 3 is 2.39 bits per heavy atom. The molecule has 0 heterocycles. The highest BCUT2D eigenvalue weighted by Crippen LogP contribution is 2.36. The van der Waals surface area contributed by atoms with Gasteiger partial charge in [0.25, 0.3) is 0 Å². The van der Waals surface area contributed by atoms with E-state index in [1.165, 1.54) is 0 Å². The molecule has 0 amide bonds. The van der Waals surface area contributed by atoms with Gasteiger partial charge in [0.05, 0.1) is 5.56 Å². The fourth-order valence-corrected chi connectivity index (χ4v) is 1.64. The highest BCUT2D eigenvalue weighted by molar-refractivity contribution is 5.85. The lowest BCUT2D eigenvalue weighted by molar-refractivity contribution is -0.138. The van der Waals surface area contributed by atoms with Crippen molar-refractivity contribution in [2.75, 3.05) is 0 Å². The average molecular weight is 284 g/mol. The first-order valence-corrected chi connectivity index (χ1v) is 4.99. The molecule has 0 aromatic heterocycles. The molecule has 6 heteroatoms. The molecule has 0 aliphatic rings. The van der Waals surface area contributed by atoms with Gasteiger partial charge in [-0.2, -0.15) is 13.2 Å². The maximum Gasteiger partial charge on any atom is 0.416 e. The maximum absolute atomic E-state index is 13.5. The van der Waals surface area contributed by atoms with Gasteiger partial charge in [-0.25, -0.2) is 4.39 Å². The van der Waals surface area contributed by atoms with Crippen molar-refractivity contribution >= 4 is 12.4 Å². The first-order chi connectivity index (χ1) is 7.73. The van der Waals surface area contributed by atoms with Crippen LogP contribution >= 0.6 is 12.4 Å². The third-order valence-electron chi connectivity index (χ3n) is 2.30. The average Bonchev–Trinajstić information content (AvgIpc) is 2.14. The predicted molar refractivity (Wildman–Crippen MR) is 65.0 cm³/mol. The van der Waals surface area contributed by atoms with E-state index in [2.05, 4.69) is 6.58 Å². The number of nitrogens with two attached hydrogens (primary N) is 1. The Kier molecular flexibility index (Phi) is 5.83. The molecule has 1 atom stereocenters. The number of halogens is 5. The lowest BCUT2D eigenvalue weighted by Crippen LogP contribution is -2.19. The molecule has 1 aromatic carbocycles. The standard InChI is InChI=1S/C12H13F4N.ClH/c1-7(2)6-10(17)11-8(12(14,15)16)4-3-5-9(11)13;/h3-5,10H,1,6,17H2,2H3;1H/t10-;/m0./s1. The van der Waals surface area contributed by atoms with E-state index in [0.29, 0.717) is 5.57 Å². The summed E-state index contributed by atoms with van der Waals surface area (Å²) in [5.74, 6) is -0.937. The molecule has 0 bridgehead atoms. The van der Waals surface area contributed by atoms with Crippen LogP contribution in [0.3, 0.4) is 0 Å². The number of benzene rings is 1. The van der Waals surface area contributed by atoms with Gasteiger partial charge in [-0.1, -0.05) is 11.6 Å². The lowest BCUT2D eigenvalue weighted by atomic mass is 9.95. The second-order valence-electron chi connectivity index (χ2n) is 3.97. The summed E-state index contributed by atoms with van der Waals surface area (Å²) in [6.07, 6.45) is -4.49. The molecule has 0 radical (unpaired) electrons. The lowest BCUT2D eigenvalue weighted by Gasteiger charge is -2.19. The number of hydrogen-bond donors (Lipinski definition) is 1. The fraction of sp³-hybridized carbons (Fsp3) is 0.333. The minimum atomic E-state index is -4.61. The van der Waals surface area contributed by atoms with Crippen molar-refractivity contribution in [3.05, 3.63) is 47.3 Å². The van der Waals surface area contributed by atoms with Gasteiger partial charge in [0.1, 0.15) is 5.82 Å². The summed E-state index contributed by atoms with van der Waals surface area (Å²) in [6.45, 7) is 5.19. The molecule has 0 aliphatic heterocycles. The molecule has 1 rings (SSSR count). The van der Waals surface area contributed by atoms with Crippen molar-refractivity contribution in [1.82, 2.24) is 0 Å². The normalized spacial score (nSPS) is 12.8. The molecule has 1 nitrogen and oxygen atoms in total. The third-order valence-corrected chi connectivity index (χ3v) is 2.30. The Morgan fingerprint density at radius 1 is 1.39 bits per heavy atom. The van der Waals surface area contributed by atoms with Gasteiger partial charge >= 0.3 is 6.18 Å². The molecule has 0 spiro atoms. The fourth-order valence-electron chi connectivity index (χ4n) is 1.64. The Balaban J connectivity index is 0.00000289. The van der Waals surface area contributed by atoms with Crippen molar-refractivity contribution in [3.63, 3.8) is 0 Å². The summed E-state index contributed by atoms with van der Waals surface area (Å²) in [7, 11) is 0. The van der Waals surface area contributed by atoms with Crippen LogP contribution in [0.25, 0.3) is 0 Å². The Morgan fingerprint density at radius 2 is 1.94 bits per heavy atom. The first-order valence-electron chi connectivity index (χ1n) is 4.99. The Labute approximate surface area is 109 Å². The van der Waals surface area contributed by atoms with Gasteiger partial charge in [0, 0.05) is 11.6 Å². The third kappa shape index (κ3) is 3.99. The van der Waals surface area contributed by atoms with Crippen molar-refractivity contribution < 1.29 is 17.6 Å². The quantitative estimate of drug-likeness (QED) is 0.652. The molecular formula is C12H14ClF4N. The SMILES string of the molecule is C=C(C)C[C@H](N)c1c(F)cccc1C(F)(F)F.Cl. The van der Waals surface area contributed by atoms with Crippen LogP contribution in [0.1, 0.15) is 30.5 Å². The summed E-state index contributed by atoms with van der Waals surface area (Å²) in [5, 5.41) is 0. The monoisotopic (exact) mass is 283 g/mol. The van der Waals surface area contributed by atoms with E-state index in [-0.39, 0.29) is 18.8 Å². The molecule has 102 valence electrons. The summed E-state index contributed by atoms with van der Waals surface area (Å²) in [4.78, 5) is 0. The minimum absolute atomic E-state index is 0. The van der Waals surface area contributed by atoms with Gasteiger partial charge in [-0.15, -0.1) is 19.0 Å². The van der Waals surface area contributed by atoms with Gasteiger partial charge in [-0.05, 0) is 25.5 Å². The van der Waals surface area contributed by atoms with Crippen molar-refractivity contribution in [2.45, 2.75) is 25.6 Å². The van der Waals surface area contributed by atoms with Crippen molar-refractivity contribution in [1.29, 1.82) is 0 Å². The highest BCUT2D eigenvalue weighted by atomic mass is 35.5.